The van der Waals surface area contributed by atoms with Gasteiger partial charge in [-0.25, -0.2) is 18.0 Å². The predicted molar refractivity (Wildman–Crippen MR) is 56.2 cm³/mol. The largest absolute Gasteiger partial charge is 0.478 e. The van der Waals surface area contributed by atoms with Gasteiger partial charge in [0.2, 0.25) is 0 Å². The Kier molecular flexibility index (Phi) is 3.82. The summed E-state index contributed by atoms with van der Waals surface area (Å²) in [6.07, 6.45) is 0. The molecule has 0 saturated carbocycles. The van der Waals surface area contributed by atoms with Crippen LogP contribution in [0.2, 0.25) is 0 Å². The average Bonchev–Trinajstić information content (AvgIpc) is 2.27. The third kappa shape index (κ3) is 2.10. The molecule has 96 valence electrons. The van der Waals surface area contributed by atoms with Crippen LogP contribution in [0, 0.1) is 17.5 Å². The van der Waals surface area contributed by atoms with Crippen molar-refractivity contribution in [3.63, 3.8) is 0 Å². The van der Waals surface area contributed by atoms with Gasteiger partial charge in [0.05, 0.1) is 0 Å². The van der Waals surface area contributed by atoms with Crippen LogP contribution in [0.25, 0.3) is 10.4 Å². The first-order valence-corrected chi connectivity index (χ1v) is 4.81. The van der Waals surface area contributed by atoms with Gasteiger partial charge >= 0.3 is 5.97 Å². The number of halogens is 3. The molecular formula is C10H8F3N3O2. The Balaban J connectivity index is 3.87. The van der Waals surface area contributed by atoms with E-state index < -0.39 is 46.2 Å². The Morgan fingerprint density at radius 1 is 1.28 bits per heavy atom. The minimum atomic E-state index is -1.81. The molecule has 18 heavy (non-hydrogen) atoms. The fraction of sp³-hybridized carbons (Fsp3) is 0.300. The molecule has 0 atom stereocenters. The monoisotopic (exact) mass is 259 g/mol. The first-order chi connectivity index (χ1) is 8.32. The van der Waals surface area contributed by atoms with Crippen LogP contribution in [0.15, 0.2) is 5.11 Å². The van der Waals surface area contributed by atoms with E-state index >= 15 is 0 Å². The van der Waals surface area contributed by atoms with Crippen molar-refractivity contribution < 1.29 is 23.1 Å². The van der Waals surface area contributed by atoms with Gasteiger partial charge < -0.3 is 5.11 Å². The smallest absolute Gasteiger partial charge is 0.339 e. The molecule has 1 rings (SSSR count). The molecule has 1 N–H and O–H groups in total. The zero-order valence-corrected chi connectivity index (χ0v) is 9.41. The number of rotatable bonds is 3. The van der Waals surface area contributed by atoms with Crippen molar-refractivity contribution in [2.75, 3.05) is 0 Å². The van der Waals surface area contributed by atoms with E-state index in [1.165, 1.54) is 13.8 Å². The minimum absolute atomic E-state index is 0.538. The summed E-state index contributed by atoms with van der Waals surface area (Å²) in [5, 5.41) is 11.5. The van der Waals surface area contributed by atoms with Crippen molar-refractivity contribution in [1.29, 1.82) is 0 Å². The van der Waals surface area contributed by atoms with E-state index in [2.05, 4.69) is 10.0 Å². The summed E-state index contributed by atoms with van der Waals surface area (Å²) in [5.74, 6) is -7.43. The number of aromatic carboxylic acids is 1. The van der Waals surface area contributed by atoms with E-state index in [-0.39, 0.29) is 0 Å². The highest BCUT2D eigenvalue weighted by atomic mass is 19.2. The van der Waals surface area contributed by atoms with E-state index in [0.29, 0.717) is 0 Å². The highest BCUT2D eigenvalue weighted by molar-refractivity contribution is 5.90. The zero-order valence-electron chi connectivity index (χ0n) is 9.41. The molecule has 1 aromatic rings. The summed E-state index contributed by atoms with van der Waals surface area (Å²) in [6.45, 7) is 2.81. The lowest BCUT2D eigenvalue weighted by Crippen LogP contribution is -2.12. The fourth-order valence-corrected chi connectivity index (χ4v) is 1.55. The Morgan fingerprint density at radius 2 is 1.83 bits per heavy atom. The molecule has 0 aromatic heterocycles. The molecule has 0 aliphatic rings. The standard InChI is InChI=1S/C10H8F3N3O2/c1-3(2)4-5(10(17)18)6(11)8(13)9(7(4)12)15-16-14/h3H,1-2H3,(H,17,18). The van der Waals surface area contributed by atoms with Gasteiger partial charge in [-0.05, 0) is 11.4 Å². The SMILES string of the molecule is CC(C)c1c(F)c(N=[N+]=[N-])c(F)c(F)c1C(=O)O. The van der Waals surface area contributed by atoms with Gasteiger partial charge in [0.1, 0.15) is 17.1 Å². The molecule has 0 unspecified atom stereocenters. The molecule has 0 fully saturated rings. The van der Waals surface area contributed by atoms with Crippen LogP contribution >= 0.6 is 0 Å². The molecule has 0 aliphatic heterocycles. The van der Waals surface area contributed by atoms with E-state index in [1.807, 2.05) is 0 Å². The van der Waals surface area contributed by atoms with Crippen LogP contribution in [0.1, 0.15) is 35.7 Å². The van der Waals surface area contributed by atoms with E-state index in [9.17, 15) is 18.0 Å². The molecule has 1 aromatic carbocycles. The summed E-state index contributed by atoms with van der Waals surface area (Å²) in [4.78, 5) is 13.0. The molecule has 0 saturated heterocycles. The van der Waals surface area contributed by atoms with Crippen molar-refractivity contribution in [2.24, 2.45) is 5.11 Å². The summed E-state index contributed by atoms with van der Waals surface area (Å²) in [5.41, 5.74) is 5.37. The van der Waals surface area contributed by atoms with E-state index in [1.54, 1.807) is 0 Å². The topological polar surface area (TPSA) is 86.1 Å². The molecule has 0 bridgehead atoms. The average molecular weight is 259 g/mol. The molecule has 0 amide bonds. The Bertz CT molecular complexity index is 566. The number of nitrogens with zero attached hydrogens (tertiary/aromatic N) is 3. The third-order valence-corrected chi connectivity index (χ3v) is 2.27. The van der Waals surface area contributed by atoms with Crippen LogP contribution in [-0.2, 0) is 0 Å². The third-order valence-electron chi connectivity index (χ3n) is 2.27. The molecule has 8 heteroatoms. The lowest BCUT2D eigenvalue weighted by Gasteiger charge is -2.14. The van der Waals surface area contributed by atoms with Gasteiger partial charge in [-0.1, -0.05) is 19.0 Å². The summed E-state index contributed by atoms with van der Waals surface area (Å²) >= 11 is 0. The maximum Gasteiger partial charge on any atom is 0.339 e. The second-order valence-corrected chi connectivity index (χ2v) is 3.73. The Labute approximate surface area is 99.5 Å². The highest BCUT2D eigenvalue weighted by Crippen LogP contribution is 2.35. The summed E-state index contributed by atoms with van der Waals surface area (Å²) in [6, 6.07) is 0. The maximum atomic E-state index is 13.8. The van der Waals surface area contributed by atoms with Crippen LogP contribution in [0.5, 0.6) is 0 Å². The number of carboxylic acid groups (broad SMARTS) is 1. The molecule has 5 nitrogen and oxygen atoms in total. The van der Waals surface area contributed by atoms with Gasteiger partial charge in [-0.2, -0.15) is 0 Å². The van der Waals surface area contributed by atoms with Crippen molar-refractivity contribution in [3.05, 3.63) is 39.0 Å². The Morgan fingerprint density at radius 3 is 2.22 bits per heavy atom. The quantitative estimate of drug-likeness (QED) is 0.386. The highest BCUT2D eigenvalue weighted by Gasteiger charge is 2.29. The summed E-state index contributed by atoms with van der Waals surface area (Å²) in [7, 11) is 0. The van der Waals surface area contributed by atoms with Gasteiger partial charge in [0, 0.05) is 10.5 Å². The number of azide groups is 1. The fourth-order valence-electron chi connectivity index (χ4n) is 1.55. The first-order valence-electron chi connectivity index (χ1n) is 4.81. The van der Waals surface area contributed by atoms with Crippen LogP contribution in [0.3, 0.4) is 0 Å². The van der Waals surface area contributed by atoms with Crippen LogP contribution < -0.4 is 0 Å². The van der Waals surface area contributed by atoms with Crippen molar-refractivity contribution in [1.82, 2.24) is 0 Å². The van der Waals surface area contributed by atoms with Gasteiger partial charge in [0.25, 0.3) is 0 Å². The van der Waals surface area contributed by atoms with Gasteiger partial charge in [0.15, 0.2) is 11.6 Å². The molecular weight excluding hydrogens is 251 g/mol. The Hall–Kier alpha value is -2.21. The van der Waals surface area contributed by atoms with Crippen LogP contribution in [0.4, 0.5) is 18.9 Å². The number of carbonyl (C=O) groups is 1. The van der Waals surface area contributed by atoms with Crippen molar-refractivity contribution in [2.45, 2.75) is 19.8 Å². The molecule has 0 radical (unpaired) electrons. The van der Waals surface area contributed by atoms with Gasteiger partial charge in [-0.3, -0.25) is 0 Å². The minimum Gasteiger partial charge on any atom is -0.478 e. The maximum absolute atomic E-state index is 13.8. The molecule has 0 aliphatic carbocycles. The van der Waals surface area contributed by atoms with Crippen LogP contribution in [-0.4, -0.2) is 11.1 Å². The number of carboxylic acids is 1. The van der Waals surface area contributed by atoms with Crippen molar-refractivity contribution >= 4 is 11.7 Å². The number of benzene rings is 1. The predicted octanol–water partition coefficient (Wildman–Crippen LogP) is 3.87. The zero-order chi connectivity index (χ0) is 14.0. The molecule has 0 spiro atoms. The van der Waals surface area contributed by atoms with E-state index in [4.69, 9.17) is 10.6 Å². The van der Waals surface area contributed by atoms with E-state index in [0.717, 1.165) is 0 Å². The first kappa shape index (κ1) is 13.9. The number of hydrogen-bond donors (Lipinski definition) is 1. The second kappa shape index (κ2) is 4.97. The summed E-state index contributed by atoms with van der Waals surface area (Å²) < 4.78 is 40.7. The lowest BCUT2D eigenvalue weighted by atomic mass is 9.95. The molecule has 0 heterocycles. The van der Waals surface area contributed by atoms with Crippen molar-refractivity contribution in [3.8, 4) is 0 Å². The normalized spacial score (nSPS) is 10.3. The number of hydrogen-bond acceptors (Lipinski definition) is 2. The van der Waals surface area contributed by atoms with Gasteiger partial charge in [-0.15, -0.1) is 0 Å². The lowest BCUT2D eigenvalue weighted by molar-refractivity contribution is 0.0688. The second-order valence-electron chi connectivity index (χ2n) is 3.73.